The zero-order valence-electron chi connectivity index (χ0n) is 8.27. The molecule has 0 saturated heterocycles. The van der Waals surface area contributed by atoms with Crippen LogP contribution in [0.15, 0.2) is 0 Å². The van der Waals surface area contributed by atoms with Crippen LogP contribution in [0.25, 0.3) is 0 Å². The van der Waals surface area contributed by atoms with Crippen molar-refractivity contribution >= 4 is 77.0 Å². The Morgan fingerprint density at radius 2 is 1.12 bits per heavy atom. The third kappa shape index (κ3) is 226. The van der Waals surface area contributed by atoms with E-state index in [4.69, 9.17) is 24.9 Å². The zero-order chi connectivity index (χ0) is 12.1. The second-order valence-corrected chi connectivity index (χ2v) is 1.96. The van der Waals surface area contributed by atoms with E-state index in [0.717, 1.165) is 13.8 Å². The molecule has 88 valence electrons. The first-order valence-corrected chi connectivity index (χ1v) is 3.49. The fraction of sp³-hybridized carbons (Fsp3) is 0.571. The molecule has 0 fully saturated rings. The monoisotopic (exact) mass is 257 g/mol. The molecular formula is C7H17NNa2O6. The van der Waals surface area contributed by atoms with Gasteiger partial charge in [0.15, 0.2) is 0 Å². The van der Waals surface area contributed by atoms with Crippen molar-refractivity contribution in [3.05, 3.63) is 0 Å². The van der Waals surface area contributed by atoms with Crippen molar-refractivity contribution < 1.29 is 29.7 Å². The standard InChI is InChI=1S/C3H7NO2.2C2H4O2.2Na.2H/c1-4-2-3(5)6;2*1-2(3)4;;;;/h4H,2H2,1H3,(H,5,6);2*1H3,(H,3,4);;;;. The molecule has 0 aromatic rings. The third-order valence-corrected chi connectivity index (χ3v) is 0.328. The summed E-state index contributed by atoms with van der Waals surface area (Å²) in [6.07, 6.45) is 0. The third-order valence-electron chi connectivity index (χ3n) is 0.328. The zero-order valence-corrected chi connectivity index (χ0v) is 8.27. The number of rotatable bonds is 2. The Labute approximate surface area is 138 Å². The molecule has 0 unspecified atom stereocenters. The quantitative estimate of drug-likeness (QED) is 0.429. The van der Waals surface area contributed by atoms with Gasteiger partial charge in [0, 0.05) is 13.8 Å². The Kier molecular flexibility index (Phi) is 45.9. The molecule has 0 rings (SSSR count). The van der Waals surface area contributed by atoms with Gasteiger partial charge in [-0.2, -0.15) is 0 Å². The summed E-state index contributed by atoms with van der Waals surface area (Å²) in [4.78, 5) is 27.5. The number of nitrogens with one attached hydrogen (secondary N) is 1. The number of hydrogen-bond acceptors (Lipinski definition) is 4. The summed E-state index contributed by atoms with van der Waals surface area (Å²) in [6, 6.07) is 0. The van der Waals surface area contributed by atoms with Gasteiger partial charge in [-0.1, -0.05) is 0 Å². The van der Waals surface area contributed by atoms with Gasteiger partial charge in [-0.25, -0.2) is 0 Å². The number of likely N-dealkylation sites (N-methyl/N-ethyl adjacent to an activating group) is 1. The molecule has 0 atom stereocenters. The van der Waals surface area contributed by atoms with Crippen LogP contribution in [0.4, 0.5) is 0 Å². The van der Waals surface area contributed by atoms with Crippen LogP contribution < -0.4 is 5.32 Å². The van der Waals surface area contributed by atoms with Gasteiger partial charge < -0.3 is 20.6 Å². The van der Waals surface area contributed by atoms with Crippen LogP contribution in [0.2, 0.25) is 0 Å². The maximum absolute atomic E-state index is 9.54. The fourth-order valence-electron chi connectivity index (χ4n) is 0.151. The number of hydrogen-bond donors (Lipinski definition) is 4. The first-order chi connectivity index (χ1) is 6.23. The molecule has 0 amide bonds. The Balaban J connectivity index is -0.0000000367. The molecule has 0 aromatic heterocycles. The van der Waals surface area contributed by atoms with Crippen LogP contribution in [0, 0.1) is 0 Å². The van der Waals surface area contributed by atoms with Gasteiger partial charge in [0.2, 0.25) is 0 Å². The molecule has 0 aliphatic carbocycles. The van der Waals surface area contributed by atoms with Crippen LogP contribution in [-0.2, 0) is 14.4 Å². The van der Waals surface area contributed by atoms with E-state index >= 15 is 0 Å². The van der Waals surface area contributed by atoms with Crippen molar-refractivity contribution in [3.63, 3.8) is 0 Å². The van der Waals surface area contributed by atoms with Gasteiger partial charge in [-0.05, 0) is 7.05 Å². The minimum atomic E-state index is -0.833. The second kappa shape index (κ2) is 24.6. The molecule has 0 heterocycles. The van der Waals surface area contributed by atoms with Crippen molar-refractivity contribution in [3.8, 4) is 0 Å². The molecule has 0 spiro atoms. The minimum absolute atomic E-state index is 0. The van der Waals surface area contributed by atoms with E-state index in [9.17, 15) is 4.79 Å². The Hall–Kier alpha value is 0.370. The van der Waals surface area contributed by atoms with Gasteiger partial charge in [-0.3, -0.25) is 14.4 Å². The average Bonchev–Trinajstić information content (AvgIpc) is 1.82. The van der Waals surface area contributed by atoms with Crippen LogP contribution in [0.5, 0.6) is 0 Å². The van der Waals surface area contributed by atoms with Gasteiger partial charge in [-0.15, -0.1) is 0 Å². The van der Waals surface area contributed by atoms with Crippen LogP contribution in [-0.4, -0.2) is 106 Å². The van der Waals surface area contributed by atoms with Gasteiger partial charge in [0.05, 0.1) is 6.54 Å². The van der Waals surface area contributed by atoms with Crippen molar-refractivity contribution in [2.24, 2.45) is 0 Å². The number of carbonyl (C=O) groups is 3. The van der Waals surface area contributed by atoms with E-state index in [1.54, 1.807) is 7.05 Å². The fourth-order valence-corrected chi connectivity index (χ4v) is 0.151. The SMILES string of the molecule is CC(=O)O.CC(=O)O.CNCC(=O)O.[NaH].[NaH]. The van der Waals surface area contributed by atoms with Gasteiger partial charge in [0.1, 0.15) is 0 Å². The first-order valence-electron chi connectivity index (χ1n) is 3.49. The van der Waals surface area contributed by atoms with Crippen molar-refractivity contribution in [1.82, 2.24) is 5.32 Å². The molecule has 4 N–H and O–H groups in total. The molecule has 0 radical (unpaired) electrons. The van der Waals surface area contributed by atoms with Crippen LogP contribution in [0.3, 0.4) is 0 Å². The molecule has 16 heavy (non-hydrogen) atoms. The molecule has 0 aromatic carbocycles. The summed E-state index contributed by atoms with van der Waals surface area (Å²) in [6.45, 7) is 2.21. The van der Waals surface area contributed by atoms with E-state index < -0.39 is 17.9 Å². The predicted octanol–water partition coefficient (Wildman–Crippen LogP) is -1.82. The summed E-state index contributed by atoms with van der Waals surface area (Å²) in [5.41, 5.74) is 0. The topological polar surface area (TPSA) is 124 Å². The average molecular weight is 257 g/mol. The van der Waals surface area contributed by atoms with E-state index in [1.165, 1.54) is 0 Å². The summed E-state index contributed by atoms with van der Waals surface area (Å²) in [7, 11) is 1.59. The molecule has 0 aliphatic rings. The van der Waals surface area contributed by atoms with Gasteiger partial charge >= 0.3 is 65.1 Å². The van der Waals surface area contributed by atoms with Crippen molar-refractivity contribution in [1.29, 1.82) is 0 Å². The summed E-state index contributed by atoms with van der Waals surface area (Å²) in [5, 5.41) is 25.2. The molecule has 0 bridgehead atoms. The van der Waals surface area contributed by atoms with E-state index in [0.29, 0.717) is 0 Å². The number of carboxylic acid groups (broad SMARTS) is 3. The second-order valence-electron chi connectivity index (χ2n) is 1.96. The van der Waals surface area contributed by atoms with Crippen LogP contribution >= 0.6 is 0 Å². The van der Waals surface area contributed by atoms with Crippen molar-refractivity contribution in [2.45, 2.75) is 13.8 Å². The molecule has 0 saturated carbocycles. The molecule has 9 heteroatoms. The van der Waals surface area contributed by atoms with Crippen LogP contribution in [0.1, 0.15) is 13.8 Å². The molecular weight excluding hydrogens is 240 g/mol. The predicted molar refractivity (Wildman–Crippen MR) is 62.5 cm³/mol. The molecule has 7 nitrogen and oxygen atoms in total. The van der Waals surface area contributed by atoms with Gasteiger partial charge in [0.25, 0.3) is 11.9 Å². The summed E-state index contributed by atoms with van der Waals surface area (Å²) >= 11 is 0. The van der Waals surface area contributed by atoms with E-state index in [1.807, 2.05) is 0 Å². The first kappa shape index (κ1) is 29.9. The Morgan fingerprint density at radius 3 is 1.12 bits per heavy atom. The normalized spacial score (nSPS) is 6.19. The van der Waals surface area contributed by atoms with E-state index in [-0.39, 0.29) is 65.7 Å². The van der Waals surface area contributed by atoms with Crippen molar-refractivity contribution in [2.75, 3.05) is 13.6 Å². The summed E-state index contributed by atoms with van der Waals surface area (Å²) in [5.74, 6) is -2.49. The Bertz CT molecular complexity index is 168. The Morgan fingerprint density at radius 1 is 0.938 bits per heavy atom. The van der Waals surface area contributed by atoms with E-state index in [2.05, 4.69) is 5.32 Å². The maximum atomic E-state index is 9.54. The summed E-state index contributed by atoms with van der Waals surface area (Å²) < 4.78 is 0. The molecule has 0 aliphatic heterocycles. The number of carboxylic acids is 3. The number of aliphatic carboxylic acids is 3.